The molecule has 0 N–H and O–H groups in total. The number of rotatable bonds is 4. The Bertz CT molecular complexity index is 594. The molecule has 0 spiro atoms. The SMILES string of the molecule is CC(C)(Cc1cc(F)ccc1S(=O)(=O)Cl)C1OCCO1. The topological polar surface area (TPSA) is 52.6 Å². The predicted octanol–water partition coefficient (Wildman–Crippen LogP) is 2.69. The van der Waals surface area contributed by atoms with Gasteiger partial charge in [-0.3, -0.25) is 0 Å². The van der Waals surface area contributed by atoms with E-state index in [0.717, 1.165) is 6.07 Å². The highest BCUT2D eigenvalue weighted by molar-refractivity contribution is 8.13. The lowest BCUT2D eigenvalue weighted by molar-refractivity contribution is -0.119. The lowest BCUT2D eigenvalue weighted by Gasteiger charge is -2.30. The first-order chi connectivity index (χ1) is 9.20. The molecule has 20 heavy (non-hydrogen) atoms. The fourth-order valence-electron chi connectivity index (χ4n) is 2.31. The monoisotopic (exact) mass is 322 g/mol. The summed E-state index contributed by atoms with van der Waals surface area (Å²) in [4.78, 5) is -0.0772. The Labute approximate surface area is 122 Å². The third kappa shape index (κ3) is 3.49. The predicted molar refractivity (Wildman–Crippen MR) is 72.6 cm³/mol. The minimum absolute atomic E-state index is 0.0772. The van der Waals surface area contributed by atoms with Crippen LogP contribution in [0.1, 0.15) is 19.4 Å². The van der Waals surface area contributed by atoms with Crippen molar-refractivity contribution in [2.75, 3.05) is 13.2 Å². The zero-order valence-corrected chi connectivity index (χ0v) is 12.8. The lowest BCUT2D eigenvalue weighted by atomic mass is 9.85. The Hall–Kier alpha value is -0.690. The van der Waals surface area contributed by atoms with E-state index in [1.54, 1.807) is 0 Å². The summed E-state index contributed by atoms with van der Waals surface area (Å²) < 4.78 is 47.4. The Morgan fingerprint density at radius 1 is 1.35 bits per heavy atom. The van der Waals surface area contributed by atoms with E-state index in [2.05, 4.69) is 0 Å². The average molecular weight is 323 g/mol. The van der Waals surface area contributed by atoms with Gasteiger partial charge in [-0.2, -0.15) is 0 Å². The molecule has 7 heteroatoms. The van der Waals surface area contributed by atoms with Crippen LogP contribution < -0.4 is 0 Å². The number of benzene rings is 1. The number of hydrogen-bond acceptors (Lipinski definition) is 4. The first-order valence-corrected chi connectivity index (χ1v) is 8.47. The number of hydrogen-bond donors (Lipinski definition) is 0. The van der Waals surface area contributed by atoms with E-state index >= 15 is 0 Å². The van der Waals surface area contributed by atoms with Crippen LogP contribution in [-0.4, -0.2) is 27.9 Å². The van der Waals surface area contributed by atoms with Crippen molar-refractivity contribution in [1.29, 1.82) is 0 Å². The van der Waals surface area contributed by atoms with E-state index in [1.165, 1.54) is 12.1 Å². The average Bonchev–Trinajstić information content (AvgIpc) is 2.80. The Kier molecular flexibility index (Phi) is 4.39. The van der Waals surface area contributed by atoms with Crippen molar-refractivity contribution in [2.45, 2.75) is 31.5 Å². The van der Waals surface area contributed by atoms with E-state index < -0.39 is 26.6 Å². The molecule has 0 aromatic heterocycles. The third-order valence-corrected chi connectivity index (χ3v) is 4.61. The van der Waals surface area contributed by atoms with E-state index in [-0.39, 0.29) is 11.3 Å². The molecular weight excluding hydrogens is 307 g/mol. The van der Waals surface area contributed by atoms with Gasteiger partial charge in [0.05, 0.1) is 18.1 Å². The van der Waals surface area contributed by atoms with Gasteiger partial charge in [0.25, 0.3) is 9.05 Å². The van der Waals surface area contributed by atoms with Crippen LogP contribution in [0, 0.1) is 11.2 Å². The highest BCUT2D eigenvalue weighted by Gasteiger charge is 2.35. The second kappa shape index (κ2) is 5.60. The molecular formula is C13H16ClFO4S. The fraction of sp³-hybridized carbons (Fsp3) is 0.538. The number of halogens is 2. The summed E-state index contributed by atoms with van der Waals surface area (Å²) in [6, 6.07) is 3.44. The maximum absolute atomic E-state index is 13.4. The Morgan fingerprint density at radius 2 is 1.95 bits per heavy atom. The molecule has 1 aromatic rings. The minimum atomic E-state index is -3.92. The van der Waals surface area contributed by atoms with Crippen molar-refractivity contribution in [2.24, 2.45) is 5.41 Å². The van der Waals surface area contributed by atoms with Gasteiger partial charge in [-0.25, -0.2) is 12.8 Å². The summed E-state index contributed by atoms with van der Waals surface area (Å²) in [7, 11) is 1.47. The normalized spacial score (nSPS) is 17.6. The maximum atomic E-state index is 13.4. The molecule has 112 valence electrons. The molecule has 0 aliphatic carbocycles. The van der Waals surface area contributed by atoms with Gasteiger partial charge in [0.2, 0.25) is 0 Å². The van der Waals surface area contributed by atoms with Crippen LogP contribution in [-0.2, 0) is 24.9 Å². The van der Waals surface area contributed by atoms with Gasteiger partial charge in [-0.05, 0) is 30.2 Å². The van der Waals surface area contributed by atoms with Crippen molar-refractivity contribution in [3.63, 3.8) is 0 Å². The minimum Gasteiger partial charge on any atom is -0.350 e. The summed E-state index contributed by atoms with van der Waals surface area (Å²) in [6.07, 6.45) is -0.173. The molecule has 0 unspecified atom stereocenters. The molecule has 0 saturated carbocycles. The highest BCUT2D eigenvalue weighted by Crippen LogP contribution is 2.34. The van der Waals surface area contributed by atoms with Gasteiger partial charge >= 0.3 is 0 Å². The van der Waals surface area contributed by atoms with Gasteiger partial charge in [-0.15, -0.1) is 0 Å². The van der Waals surface area contributed by atoms with Gasteiger partial charge in [-0.1, -0.05) is 13.8 Å². The lowest BCUT2D eigenvalue weighted by Crippen LogP contribution is -2.32. The zero-order valence-electron chi connectivity index (χ0n) is 11.2. The van der Waals surface area contributed by atoms with Crippen molar-refractivity contribution in [1.82, 2.24) is 0 Å². The number of ether oxygens (including phenoxy) is 2. The van der Waals surface area contributed by atoms with Crippen LogP contribution in [0.4, 0.5) is 4.39 Å². The molecule has 0 atom stereocenters. The largest absolute Gasteiger partial charge is 0.350 e. The molecule has 0 amide bonds. The first-order valence-electron chi connectivity index (χ1n) is 6.16. The maximum Gasteiger partial charge on any atom is 0.261 e. The molecule has 1 heterocycles. The van der Waals surface area contributed by atoms with Gasteiger partial charge in [0.1, 0.15) is 5.82 Å². The van der Waals surface area contributed by atoms with Crippen molar-refractivity contribution < 1.29 is 22.3 Å². The second-order valence-corrected chi connectivity index (χ2v) is 7.96. The molecule has 1 aliphatic rings. The summed E-state index contributed by atoms with van der Waals surface area (Å²) in [5, 5.41) is 0. The van der Waals surface area contributed by atoms with Crippen LogP contribution in [0.5, 0.6) is 0 Å². The Morgan fingerprint density at radius 3 is 2.50 bits per heavy atom. The third-order valence-electron chi connectivity index (χ3n) is 3.19. The quantitative estimate of drug-likeness (QED) is 0.800. The summed E-state index contributed by atoms with van der Waals surface area (Å²) >= 11 is 0. The molecule has 0 bridgehead atoms. The van der Waals surface area contributed by atoms with E-state index in [0.29, 0.717) is 18.8 Å². The van der Waals surface area contributed by atoms with Crippen LogP contribution in [0.25, 0.3) is 0 Å². The van der Waals surface area contributed by atoms with Crippen molar-refractivity contribution in [3.05, 3.63) is 29.6 Å². The van der Waals surface area contributed by atoms with E-state index in [4.69, 9.17) is 20.2 Å². The van der Waals surface area contributed by atoms with Crippen LogP contribution in [0.2, 0.25) is 0 Å². The molecule has 1 aromatic carbocycles. The molecule has 1 aliphatic heterocycles. The molecule has 1 saturated heterocycles. The van der Waals surface area contributed by atoms with E-state index in [1.807, 2.05) is 13.8 Å². The van der Waals surface area contributed by atoms with Crippen LogP contribution in [0.3, 0.4) is 0 Å². The van der Waals surface area contributed by atoms with Crippen molar-refractivity contribution in [3.8, 4) is 0 Å². The summed E-state index contributed by atoms with van der Waals surface area (Å²) in [5.74, 6) is -0.506. The standard InChI is InChI=1S/C13H16ClFO4S/c1-13(2,12-18-5-6-19-12)8-9-7-10(15)3-4-11(9)20(14,16)17/h3-4,7,12H,5-6,8H2,1-2H3. The molecule has 0 radical (unpaired) electrons. The Balaban J connectivity index is 2.35. The van der Waals surface area contributed by atoms with Gasteiger partial charge in [0.15, 0.2) is 6.29 Å². The highest BCUT2D eigenvalue weighted by atomic mass is 35.7. The van der Waals surface area contributed by atoms with E-state index in [9.17, 15) is 12.8 Å². The van der Waals surface area contributed by atoms with Crippen LogP contribution in [0.15, 0.2) is 23.1 Å². The van der Waals surface area contributed by atoms with Gasteiger partial charge < -0.3 is 9.47 Å². The first kappa shape index (κ1) is 15.7. The summed E-state index contributed by atoms with van der Waals surface area (Å²) in [5.41, 5.74) is -0.176. The fourth-order valence-corrected chi connectivity index (χ4v) is 3.43. The summed E-state index contributed by atoms with van der Waals surface area (Å²) in [6.45, 7) is 4.74. The second-order valence-electron chi connectivity index (χ2n) is 5.43. The smallest absolute Gasteiger partial charge is 0.261 e. The molecule has 2 rings (SSSR count). The zero-order chi connectivity index (χ0) is 15.0. The van der Waals surface area contributed by atoms with Gasteiger partial charge in [0, 0.05) is 16.1 Å². The molecule has 1 fully saturated rings. The van der Waals surface area contributed by atoms with Crippen molar-refractivity contribution >= 4 is 19.7 Å². The van der Waals surface area contributed by atoms with Crippen LogP contribution >= 0.6 is 10.7 Å². The molecule has 4 nitrogen and oxygen atoms in total.